The summed E-state index contributed by atoms with van der Waals surface area (Å²) in [7, 11) is -0.236. The summed E-state index contributed by atoms with van der Waals surface area (Å²) >= 11 is 2.98. The van der Waals surface area contributed by atoms with Crippen molar-refractivity contribution in [1.82, 2.24) is 19.7 Å². The first-order valence-electron chi connectivity index (χ1n) is 18.6. The van der Waals surface area contributed by atoms with E-state index in [2.05, 4.69) is 93.1 Å². The number of aryl methyl sites for hydroxylation is 1. The maximum absolute atomic E-state index is 12.4. The summed E-state index contributed by atoms with van der Waals surface area (Å²) in [5, 5.41) is 11.7. The Labute approximate surface area is 325 Å². The Morgan fingerprint density at radius 2 is 1.72 bits per heavy atom. The number of anilines is 2. The van der Waals surface area contributed by atoms with Gasteiger partial charge in [-0.1, -0.05) is 84.7 Å². The monoisotopic (exact) mass is 800 g/mol. The second-order valence-electron chi connectivity index (χ2n) is 15.8. The maximum Gasteiger partial charge on any atom is 0.357 e. The molecule has 3 aromatic heterocycles. The van der Waals surface area contributed by atoms with Crippen LogP contribution in [-0.4, -0.2) is 82.2 Å². The van der Waals surface area contributed by atoms with Gasteiger partial charge in [-0.15, -0.1) is 21.5 Å². The van der Waals surface area contributed by atoms with Gasteiger partial charge in [-0.2, -0.15) is 4.99 Å². The van der Waals surface area contributed by atoms with Crippen LogP contribution in [0.15, 0.2) is 40.7 Å². The SMILES string of the molecule is COCC(CCCN(c1cc(C)c(N=c2sc3ccccc3n2COCC[Si](C)(C)C)nn1)c1nc(C(=O)OC)cs1)O[Si](C(C)C)(C(C)C)C(C)C. The summed E-state index contributed by atoms with van der Waals surface area (Å²) in [6.45, 7) is 25.2. The van der Waals surface area contributed by atoms with Crippen LogP contribution >= 0.6 is 22.7 Å². The first-order valence-corrected chi connectivity index (χ1v) is 26.2. The second kappa shape index (κ2) is 19.2. The van der Waals surface area contributed by atoms with E-state index in [-0.39, 0.29) is 11.8 Å². The zero-order chi connectivity index (χ0) is 38.9. The maximum atomic E-state index is 12.4. The summed E-state index contributed by atoms with van der Waals surface area (Å²) in [6, 6.07) is 11.4. The van der Waals surface area contributed by atoms with Crippen molar-refractivity contribution in [3.8, 4) is 0 Å². The number of methoxy groups -OCH3 is 2. The molecule has 1 atom stereocenters. The third kappa shape index (κ3) is 10.9. The van der Waals surface area contributed by atoms with Crippen molar-refractivity contribution in [3.05, 3.63) is 51.8 Å². The Bertz CT molecular complexity index is 1830. The molecule has 11 nitrogen and oxygen atoms in total. The van der Waals surface area contributed by atoms with Gasteiger partial charge in [0, 0.05) is 33.7 Å². The van der Waals surface area contributed by atoms with Gasteiger partial charge in [0.25, 0.3) is 0 Å². The Hall–Kier alpha value is -2.80. The zero-order valence-electron chi connectivity index (χ0n) is 33.8. The number of carbonyl (C=O) groups is 1. The van der Waals surface area contributed by atoms with Crippen LogP contribution in [0.3, 0.4) is 0 Å². The van der Waals surface area contributed by atoms with Crippen molar-refractivity contribution in [2.24, 2.45) is 4.99 Å². The number of nitrogens with zero attached hydrogens (tertiary/aromatic N) is 6. The summed E-state index contributed by atoms with van der Waals surface area (Å²) in [4.78, 5) is 24.9. The van der Waals surface area contributed by atoms with Crippen LogP contribution in [0, 0.1) is 6.92 Å². The fraction of sp³-hybridized carbons (Fsp3) is 0.605. The van der Waals surface area contributed by atoms with E-state index < -0.39 is 22.4 Å². The number of carbonyl (C=O) groups excluding carboxylic acids is 1. The highest BCUT2D eigenvalue weighted by atomic mass is 32.1. The Balaban J connectivity index is 1.64. The quantitative estimate of drug-likeness (QED) is 0.0490. The minimum Gasteiger partial charge on any atom is -0.464 e. The topological polar surface area (TPSA) is 113 Å². The number of thiazole rings is 2. The predicted molar refractivity (Wildman–Crippen MR) is 223 cm³/mol. The fourth-order valence-electron chi connectivity index (χ4n) is 6.99. The van der Waals surface area contributed by atoms with Gasteiger partial charge in [0.1, 0.15) is 6.73 Å². The molecular weight excluding hydrogens is 741 g/mol. The van der Waals surface area contributed by atoms with Crippen molar-refractivity contribution < 1.29 is 23.4 Å². The van der Waals surface area contributed by atoms with Gasteiger partial charge in [0.05, 0.1) is 30.0 Å². The van der Waals surface area contributed by atoms with Crippen LogP contribution in [0.5, 0.6) is 0 Å². The molecule has 0 aliphatic heterocycles. The lowest BCUT2D eigenvalue weighted by Crippen LogP contribution is -2.51. The molecule has 0 bridgehead atoms. The van der Waals surface area contributed by atoms with Crippen LogP contribution < -0.4 is 9.70 Å². The highest BCUT2D eigenvalue weighted by molar-refractivity contribution is 7.16. The van der Waals surface area contributed by atoms with Crippen LogP contribution in [0.2, 0.25) is 42.3 Å². The molecule has 3 heterocycles. The number of rotatable bonds is 20. The number of esters is 1. The van der Waals surface area contributed by atoms with E-state index in [9.17, 15) is 4.79 Å². The van der Waals surface area contributed by atoms with Crippen LogP contribution in [0.1, 0.15) is 70.4 Å². The van der Waals surface area contributed by atoms with Gasteiger partial charge in [-0.3, -0.25) is 4.57 Å². The molecule has 1 aromatic carbocycles. The van der Waals surface area contributed by atoms with Crippen LogP contribution in [-0.2, 0) is 25.4 Å². The molecule has 4 aromatic rings. The molecular formula is C38H60N6O5S2Si2. The third-order valence-electron chi connectivity index (χ3n) is 9.68. The normalized spacial score (nSPS) is 13.5. The number of para-hydroxylation sites is 1. The molecule has 53 heavy (non-hydrogen) atoms. The second-order valence-corrected chi connectivity index (χ2v) is 28.6. The average molecular weight is 801 g/mol. The van der Waals surface area contributed by atoms with E-state index in [1.165, 1.54) is 18.4 Å². The van der Waals surface area contributed by atoms with Crippen molar-refractivity contribution in [3.63, 3.8) is 0 Å². The Kier molecular flexibility index (Phi) is 15.5. The van der Waals surface area contributed by atoms with Crippen molar-refractivity contribution in [2.45, 2.75) is 116 Å². The van der Waals surface area contributed by atoms with Gasteiger partial charge in [-0.05, 0) is 66.2 Å². The van der Waals surface area contributed by atoms with E-state index in [0.29, 0.717) is 53.3 Å². The van der Waals surface area contributed by atoms with Gasteiger partial charge >= 0.3 is 5.97 Å². The molecule has 4 rings (SSSR count). The Morgan fingerprint density at radius 1 is 1.02 bits per heavy atom. The molecule has 0 aliphatic rings. The first kappa shape index (κ1) is 42.9. The molecule has 0 saturated heterocycles. The number of aromatic nitrogens is 4. The molecule has 292 valence electrons. The highest BCUT2D eigenvalue weighted by Gasteiger charge is 2.46. The van der Waals surface area contributed by atoms with Crippen LogP contribution in [0.4, 0.5) is 16.8 Å². The largest absolute Gasteiger partial charge is 0.464 e. The smallest absolute Gasteiger partial charge is 0.357 e. The molecule has 0 aliphatic carbocycles. The highest BCUT2D eigenvalue weighted by Crippen LogP contribution is 2.43. The number of benzene rings is 1. The first-order chi connectivity index (χ1) is 25.1. The standard InChI is InChI=1S/C38H60N6O5S2Si2/c1-26(2)53(27(3)4,28(5)6)49-30(23-46-8)16-15-19-43(37-39-31(24-50-37)36(45)47-9)34-22-29(7)35(42-41-34)40-38-44(25-48-20-21-52(10,11)12)32-17-13-14-18-33(32)51-38/h13-14,17-18,22,24,26-28,30H,15-16,19-21,23,25H2,1-12H3. The van der Waals surface area contributed by atoms with Crippen LogP contribution in [0.25, 0.3) is 10.2 Å². The summed E-state index contributed by atoms with van der Waals surface area (Å²) in [5.41, 5.74) is 3.62. The minimum absolute atomic E-state index is 0.0378. The van der Waals surface area contributed by atoms with E-state index in [1.54, 1.807) is 23.8 Å². The molecule has 0 amide bonds. The zero-order valence-corrected chi connectivity index (χ0v) is 37.4. The van der Waals surface area contributed by atoms with E-state index in [0.717, 1.165) is 46.1 Å². The molecule has 0 N–H and O–H groups in total. The van der Waals surface area contributed by atoms with Gasteiger partial charge in [0.15, 0.2) is 27.3 Å². The van der Waals surface area contributed by atoms with Crippen molar-refractivity contribution in [2.75, 3.05) is 38.9 Å². The summed E-state index contributed by atoms with van der Waals surface area (Å²) < 4.78 is 27.2. The van der Waals surface area contributed by atoms with Crippen molar-refractivity contribution >= 4 is 72.0 Å². The summed E-state index contributed by atoms with van der Waals surface area (Å²) in [5.74, 6) is 0.692. The molecule has 0 fully saturated rings. The van der Waals surface area contributed by atoms with Gasteiger partial charge < -0.3 is 23.5 Å². The summed E-state index contributed by atoms with van der Waals surface area (Å²) in [6.07, 6.45) is 1.54. The van der Waals surface area contributed by atoms with Gasteiger partial charge in [-0.25, -0.2) is 9.78 Å². The third-order valence-corrected chi connectivity index (χ3v) is 19.5. The van der Waals surface area contributed by atoms with E-state index >= 15 is 0 Å². The minimum atomic E-state index is -2.12. The number of hydrogen-bond acceptors (Lipinski definition) is 12. The average Bonchev–Trinajstić information content (AvgIpc) is 3.72. The van der Waals surface area contributed by atoms with Crippen molar-refractivity contribution in [1.29, 1.82) is 0 Å². The fourth-order valence-corrected chi connectivity index (χ4v) is 15.2. The predicted octanol–water partition coefficient (Wildman–Crippen LogP) is 9.71. The lowest BCUT2D eigenvalue weighted by Gasteiger charge is -2.44. The lowest BCUT2D eigenvalue weighted by molar-refractivity contribution is 0.0595. The van der Waals surface area contributed by atoms with Gasteiger partial charge in [0.2, 0.25) is 8.32 Å². The number of fused-ring (bicyclic) bond motifs is 1. The molecule has 0 saturated carbocycles. The number of hydrogen-bond donors (Lipinski definition) is 0. The van der Waals surface area contributed by atoms with E-state index in [4.69, 9.17) is 23.6 Å². The molecule has 1 unspecified atom stereocenters. The number of ether oxygens (including phenoxy) is 3. The van der Waals surface area contributed by atoms with E-state index in [1.807, 2.05) is 30.0 Å². The molecule has 0 radical (unpaired) electrons. The molecule has 0 spiro atoms. The Morgan fingerprint density at radius 3 is 2.34 bits per heavy atom. The lowest BCUT2D eigenvalue weighted by atomic mass is 10.2. The molecule has 15 heteroatoms.